The third-order valence-electron chi connectivity index (χ3n) is 4.42. The quantitative estimate of drug-likeness (QED) is 0.396. The predicted octanol–water partition coefficient (Wildman–Crippen LogP) is 2.25. The van der Waals surface area contributed by atoms with Gasteiger partial charge in [-0.15, -0.1) is 24.0 Å². The molecule has 1 aliphatic heterocycles. The van der Waals surface area contributed by atoms with Gasteiger partial charge in [-0.05, 0) is 19.0 Å². The summed E-state index contributed by atoms with van der Waals surface area (Å²) in [5.74, 6) is 1.63. The van der Waals surface area contributed by atoms with Crippen LogP contribution in [-0.2, 0) is 4.74 Å². The number of likely N-dealkylation sites (tertiary alicyclic amines) is 1. The number of aliphatic imine (C=N–C) groups is 1. The molecule has 5 nitrogen and oxygen atoms in total. The van der Waals surface area contributed by atoms with Crippen LogP contribution in [0.25, 0.3) is 0 Å². The van der Waals surface area contributed by atoms with Gasteiger partial charge in [0.05, 0.1) is 6.61 Å². The molecule has 0 aromatic heterocycles. The second-order valence-electron chi connectivity index (χ2n) is 6.11. The van der Waals surface area contributed by atoms with Gasteiger partial charge in [0.15, 0.2) is 5.96 Å². The van der Waals surface area contributed by atoms with Gasteiger partial charge in [0.1, 0.15) is 0 Å². The minimum Gasteiger partial charge on any atom is -0.383 e. The Kier molecular flexibility index (Phi) is 10.3. The molecule has 0 radical (unpaired) electrons. The summed E-state index contributed by atoms with van der Waals surface area (Å²) in [5, 5.41) is 3.48. The van der Waals surface area contributed by atoms with E-state index in [4.69, 9.17) is 4.74 Å². The van der Waals surface area contributed by atoms with E-state index in [0.717, 1.165) is 45.3 Å². The van der Waals surface area contributed by atoms with Gasteiger partial charge in [0, 0.05) is 52.8 Å². The number of hydrogen-bond acceptors (Lipinski definition) is 3. The Hall–Kier alpha value is -0.860. The molecule has 1 aromatic carbocycles. The van der Waals surface area contributed by atoms with Gasteiger partial charge >= 0.3 is 0 Å². The molecule has 1 saturated heterocycles. The fraction of sp³-hybridized carbons (Fsp3) is 0.611. The number of nitrogens with one attached hydrogen (secondary N) is 1. The first-order valence-electron chi connectivity index (χ1n) is 8.42. The lowest BCUT2D eigenvalue weighted by molar-refractivity contribution is 0.162. The van der Waals surface area contributed by atoms with Crippen molar-refractivity contribution in [1.29, 1.82) is 0 Å². The molecular formula is C18H31IN4O. The molecule has 1 aliphatic rings. The molecule has 0 aliphatic carbocycles. The molecule has 0 bridgehead atoms. The SMILES string of the molecule is CN=C(NCCN(C)CCOC)N1CCC(c2ccccc2)C1.I. The highest BCUT2D eigenvalue weighted by Crippen LogP contribution is 2.26. The Labute approximate surface area is 163 Å². The predicted molar refractivity (Wildman–Crippen MR) is 112 cm³/mol. The van der Waals surface area contributed by atoms with E-state index in [9.17, 15) is 0 Å². The number of guanidine groups is 1. The van der Waals surface area contributed by atoms with Gasteiger partial charge in [0.25, 0.3) is 0 Å². The number of hydrogen-bond donors (Lipinski definition) is 1. The topological polar surface area (TPSA) is 40.1 Å². The van der Waals surface area contributed by atoms with Crippen LogP contribution in [0.2, 0.25) is 0 Å². The van der Waals surface area contributed by atoms with E-state index in [0.29, 0.717) is 5.92 Å². The van der Waals surface area contributed by atoms with Crippen LogP contribution in [0, 0.1) is 0 Å². The summed E-state index contributed by atoms with van der Waals surface area (Å²) >= 11 is 0. The number of rotatable bonds is 7. The second kappa shape index (κ2) is 11.7. The van der Waals surface area contributed by atoms with Gasteiger partial charge in [-0.2, -0.15) is 0 Å². The van der Waals surface area contributed by atoms with Crippen molar-refractivity contribution in [1.82, 2.24) is 15.1 Å². The van der Waals surface area contributed by atoms with Crippen molar-refractivity contribution in [2.24, 2.45) is 4.99 Å². The molecular weight excluding hydrogens is 415 g/mol. The Morgan fingerprint density at radius 3 is 2.75 bits per heavy atom. The monoisotopic (exact) mass is 446 g/mol. The number of halogens is 1. The summed E-state index contributed by atoms with van der Waals surface area (Å²) in [6.45, 7) is 5.73. The van der Waals surface area contributed by atoms with Crippen molar-refractivity contribution in [3.63, 3.8) is 0 Å². The molecule has 136 valence electrons. The van der Waals surface area contributed by atoms with Gasteiger partial charge in [-0.3, -0.25) is 4.99 Å². The molecule has 2 rings (SSSR count). The molecule has 1 fully saturated rings. The van der Waals surface area contributed by atoms with Crippen LogP contribution in [0.5, 0.6) is 0 Å². The van der Waals surface area contributed by atoms with E-state index in [1.165, 1.54) is 12.0 Å². The summed E-state index contributed by atoms with van der Waals surface area (Å²) in [6.07, 6.45) is 1.19. The average Bonchev–Trinajstić information content (AvgIpc) is 3.07. The maximum Gasteiger partial charge on any atom is 0.193 e. The molecule has 0 spiro atoms. The molecule has 0 amide bonds. The molecule has 6 heteroatoms. The summed E-state index contributed by atoms with van der Waals surface area (Å²) < 4.78 is 5.10. The first-order valence-corrected chi connectivity index (χ1v) is 8.42. The normalized spacial score (nSPS) is 17.9. The van der Waals surface area contributed by atoms with Crippen LogP contribution in [0.3, 0.4) is 0 Å². The van der Waals surface area contributed by atoms with Crippen LogP contribution in [-0.4, -0.2) is 76.3 Å². The second-order valence-corrected chi connectivity index (χ2v) is 6.11. The van der Waals surface area contributed by atoms with Gasteiger partial charge in [-0.25, -0.2) is 0 Å². The van der Waals surface area contributed by atoms with Crippen molar-refractivity contribution >= 4 is 29.9 Å². The molecule has 1 heterocycles. The molecule has 1 unspecified atom stereocenters. The lowest BCUT2D eigenvalue weighted by atomic mass is 9.99. The van der Waals surface area contributed by atoms with Crippen LogP contribution < -0.4 is 5.32 Å². The Balaban J connectivity index is 0.00000288. The lowest BCUT2D eigenvalue weighted by Gasteiger charge is -2.23. The first-order chi connectivity index (χ1) is 11.2. The minimum atomic E-state index is 0. The maximum absolute atomic E-state index is 5.10. The van der Waals surface area contributed by atoms with Crippen molar-refractivity contribution in [2.75, 3.05) is 60.5 Å². The number of ether oxygens (including phenoxy) is 1. The first kappa shape index (κ1) is 21.2. The number of likely N-dealkylation sites (N-methyl/N-ethyl adjacent to an activating group) is 1. The van der Waals surface area contributed by atoms with E-state index < -0.39 is 0 Å². The zero-order chi connectivity index (χ0) is 16.5. The summed E-state index contributed by atoms with van der Waals surface area (Å²) in [5.41, 5.74) is 1.43. The molecule has 1 aromatic rings. The Bertz CT molecular complexity index is 483. The highest BCUT2D eigenvalue weighted by atomic mass is 127. The van der Waals surface area contributed by atoms with E-state index in [1.807, 2.05) is 7.05 Å². The van der Waals surface area contributed by atoms with Crippen LogP contribution in [0.15, 0.2) is 35.3 Å². The maximum atomic E-state index is 5.10. The van der Waals surface area contributed by atoms with Crippen LogP contribution >= 0.6 is 24.0 Å². The number of nitrogens with zero attached hydrogens (tertiary/aromatic N) is 3. The van der Waals surface area contributed by atoms with Gasteiger partial charge in [0.2, 0.25) is 0 Å². The van der Waals surface area contributed by atoms with Crippen molar-refractivity contribution < 1.29 is 4.74 Å². The third kappa shape index (κ3) is 6.57. The number of benzene rings is 1. The lowest BCUT2D eigenvalue weighted by Crippen LogP contribution is -2.43. The molecule has 24 heavy (non-hydrogen) atoms. The van der Waals surface area contributed by atoms with Crippen LogP contribution in [0.4, 0.5) is 0 Å². The minimum absolute atomic E-state index is 0. The van der Waals surface area contributed by atoms with Crippen molar-refractivity contribution in [3.8, 4) is 0 Å². The van der Waals surface area contributed by atoms with E-state index in [1.54, 1.807) is 7.11 Å². The summed E-state index contributed by atoms with van der Waals surface area (Å²) in [6, 6.07) is 10.8. The average molecular weight is 446 g/mol. The number of methoxy groups -OCH3 is 1. The Morgan fingerprint density at radius 2 is 2.08 bits per heavy atom. The Morgan fingerprint density at radius 1 is 1.33 bits per heavy atom. The smallest absolute Gasteiger partial charge is 0.193 e. The highest BCUT2D eigenvalue weighted by Gasteiger charge is 2.25. The highest BCUT2D eigenvalue weighted by molar-refractivity contribution is 14.0. The van der Waals surface area contributed by atoms with Gasteiger partial charge < -0.3 is 19.9 Å². The zero-order valence-corrected chi connectivity index (χ0v) is 17.4. The third-order valence-corrected chi connectivity index (χ3v) is 4.42. The zero-order valence-electron chi connectivity index (χ0n) is 15.1. The molecule has 1 atom stereocenters. The van der Waals surface area contributed by atoms with Crippen molar-refractivity contribution in [2.45, 2.75) is 12.3 Å². The fourth-order valence-corrected chi connectivity index (χ4v) is 3.00. The largest absolute Gasteiger partial charge is 0.383 e. The van der Waals surface area contributed by atoms with E-state index in [2.05, 4.69) is 57.5 Å². The van der Waals surface area contributed by atoms with Gasteiger partial charge in [-0.1, -0.05) is 30.3 Å². The summed E-state index contributed by atoms with van der Waals surface area (Å²) in [4.78, 5) is 9.08. The van der Waals surface area contributed by atoms with Crippen molar-refractivity contribution in [3.05, 3.63) is 35.9 Å². The van der Waals surface area contributed by atoms with E-state index in [-0.39, 0.29) is 24.0 Å². The van der Waals surface area contributed by atoms with E-state index >= 15 is 0 Å². The molecule has 1 N–H and O–H groups in total. The summed E-state index contributed by atoms with van der Waals surface area (Å²) in [7, 11) is 5.72. The molecule has 0 saturated carbocycles. The fourth-order valence-electron chi connectivity index (χ4n) is 3.00. The van der Waals surface area contributed by atoms with Crippen LogP contribution in [0.1, 0.15) is 17.9 Å². The standard InChI is InChI=1S/C18H30N4O.HI/c1-19-18(20-10-12-21(2)13-14-23-3)22-11-9-17(15-22)16-7-5-4-6-8-16;/h4-8,17H,9-15H2,1-3H3,(H,19,20);1H.